The first-order valence-electron chi connectivity index (χ1n) is 11.7. The van der Waals surface area contributed by atoms with E-state index in [4.69, 9.17) is 14.5 Å². The number of amides is 1. The molecule has 0 radical (unpaired) electrons. The summed E-state index contributed by atoms with van der Waals surface area (Å²) in [6.45, 7) is 9.41. The quantitative estimate of drug-likeness (QED) is 0.647. The zero-order valence-corrected chi connectivity index (χ0v) is 19.6. The largest absolute Gasteiger partial charge is 0.493 e. The molecule has 1 aromatic carbocycles. The van der Waals surface area contributed by atoms with Gasteiger partial charge in [-0.1, -0.05) is 6.07 Å². The van der Waals surface area contributed by atoms with Crippen molar-refractivity contribution in [3.05, 3.63) is 47.0 Å². The summed E-state index contributed by atoms with van der Waals surface area (Å²) in [7, 11) is 1.66. The topological polar surface area (TPSA) is 67.8 Å². The summed E-state index contributed by atoms with van der Waals surface area (Å²) in [5.41, 5.74) is 2.58. The number of carbonyl (C=O) groups is 1. The minimum absolute atomic E-state index is 0.0609. The number of aryl methyl sites for hydroxylation is 1. The van der Waals surface area contributed by atoms with E-state index >= 15 is 0 Å². The van der Waals surface area contributed by atoms with Gasteiger partial charge in [-0.25, -0.2) is 9.97 Å². The van der Waals surface area contributed by atoms with Gasteiger partial charge in [-0.15, -0.1) is 0 Å². The smallest absolute Gasteiger partial charge is 0.257 e. The summed E-state index contributed by atoms with van der Waals surface area (Å²) in [4.78, 5) is 26.5. The fourth-order valence-corrected chi connectivity index (χ4v) is 4.65. The Hall–Kier alpha value is -2.67. The molecular formula is C25H34N4O3. The molecule has 1 aromatic heterocycles. The maximum absolute atomic E-state index is 12.8. The van der Waals surface area contributed by atoms with Crippen LogP contribution in [0.4, 0.5) is 0 Å². The number of likely N-dealkylation sites (tertiary alicyclic amines) is 2. The molecule has 7 heteroatoms. The molecule has 2 aromatic rings. The van der Waals surface area contributed by atoms with Gasteiger partial charge in [0.2, 0.25) is 0 Å². The van der Waals surface area contributed by atoms with Crippen LogP contribution in [0, 0.1) is 6.92 Å². The predicted octanol–water partition coefficient (Wildman–Crippen LogP) is 4.15. The fourth-order valence-electron chi connectivity index (χ4n) is 4.65. The molecule has 7 nitrogen and oxygen atoms in total. The number of nitrogens with zero attached hydrogens (tertiary/aromatic N) is 4. The molecule has 172 valence electrons. The van der Waals surface area contributed by atoms with E-state index in [0.717, 1.165) is 74.9 Å². The molecule has 32 heavy (non-hydrogen) atoms. The SMILES string of the molecule is COc1ccc(CN2CCCC2c2ncc(C(=O)N3CCCC3)c(C)n2)cc1OC(C)C. The third-order valence-electron chi connectivity index (χ3n) is 6.26. The number of aromatic nitrogens is 2. The molecule has 3 heterocycles. The number of benzene rings is 1. The van der Waals surface area contributed by atoms with Crippen molar-refractivity contribution in [3.63, 3.8) is 0 Å². The first kappa shape index (κ1) is 22.5. The van der Waals surface area contributed by atoms with Crippen LogP contribution in [0.5, 0.6) is 11.5 Å². The average molecular weight is 439 g/mol. The standard InChI is InChI=1S/C25H34N4O3/c1-17(2)32-23-14-19(9-10-22(23)31-4)16-29-13-7-8-21(29)24-26-15-20(18(3)27-24)25(30)28-11-5-6-12-28/h9-10,14-15,17,21H,5-8,11-13,16H2,1-4H3. The summed E-state index contributed by atoms with van der Waals surface area (Å²) in [6, 6.07) is 6.28. The molecule has 0 N–H and O–H groups in total. The zero-order chi connectivity index (χ0) is 22.7. The van der Waals surface area contributed by atoms with Gasteiger partial charge in [-0.05, 0) is 70.7 Å². The highest BCUT2D eigenvalue weighted by Gasteiger charge is 2.30. The van der Waals surface area contributed by atoms with Crippen molar-refractivity contribution in [1.29, 1.82) is 0 Å². The minimum Gasteiger partial charge on any atom is -0.493 e. The van der Waals surface area contributed by atoms with Crippen LogP contribution in [0.2, 0.25) is 0 Å². The molecule has 1 unspecified atom stereocenters. The van der Waals surface area contributed by atoms with E-state index < -0.39 is 0 Å². The molecule has 1 atom stereocenters. The van der Waals surface area contributed by atoms with Gasteiger partial charge in [0, 0.05) is 25.8 Å². The molecule has 4 rings (SSSR count). The molecule has 2 aliphatic heterocycles. The number of ether oxygens (including phenoxy) is 2. The molecule has 0 saturated carbocycles. The molecule has 0 bridgehead atoms. The lowest BCUT2D eigenvalue weighted by Gasteiger charge is -2.25. The first-order valence-corrected chi connectivity index (χ1v) is 11.7. The van der Waals surface area contributed by atoms with Crippen LogP contribution in [-0.2, 0) is 6.54 Å². The second-order valence-corrected chi connectivity index (χ2v) is 9.01. The lowest BCUT2D eigenvalue weighted by Crippen LogP contribution is -2.29. The predicted molar refractivity (Wildman–Crippen MR) is 123 cm³/mol. The van der Waals surface area contributed by atoms with Crippen LogP contribution in [0.15, 0.2) is 24.4 Å². The highest BCUT2D eigenvalue weighted by molar-refractivity contribution is 5.95. The van der Waals surface area contributed by atoms with Gasteiger partial charge < -0.3 is 14.4 Å². The van der Waals surface area contributed by atoms with Crippen molar-refractivity contribution in [2.75, 3.05) is 26.7 Å². The van der Waals surface area contributed by atoms with Crippen molar-refractivity contribution in [1.82, 2.24) is 19.8 Å². The summed E-state index contributed by atoms with van der Waals surface area (Å²) in [5, 5.41) is 0. The van der Waals surface area contributed by atoms with E-state index in [-0.39, 0.29) is 18.1 Å². The Kier molecular flexibility index (Phi) is 6.94. The van der Waals surface area contributed by atoms with Crippen molar-refractivity contribution < 1.29 is 14.3 Å². The van der Waals surface area contributed by atoms with Gasteiger partial charge in [-0.3, -0.25) is 9.69 Å². The molecule has 0 aliphatic carbocycles. The van der Waals surface area contributed by atoms with E-state index in [9.17, 15) is 4.79 Å². The summed E-state index contributed by atoms with van der Waals surface area (Å²) >= 11 is 0. The molecule has 2 aliphatic rings. The Bertz CT molecular complexity index is 956. The van der Waals surface area contributed by atoms with Gasteiger partial charge in [-0.2, -0.15) is 0 Å². The molecule has 1 amide bonds. The Balaban J connectivity index is 1.50. The van der Waals surface area contributed by atoms with E-state index in [1.165, 1.54) is 5.56 Å². The Morgan fingerprint density at radius 3 is 2.62 bits per heavy atom. The summed E-state index contributed by atoms with van der Waals surface area (Å²) < 4.78 is 11.4. The van der Waals surface area contributed by atoms with E-state index in [1.807, 2.05) is 31.7 Å². The maximum atomic E-state index is 12.8. The highest BCUT2D eigenvalue weighted by Crippen LogP contribution is 2.34. The molecule has 0 spiro atoms. The fraction of sp³-hybridized carbons (Fsp3) is 0.560. The molecule has 2 fully saturated rings. The monoisotopic (exact) mass is 438 g/mol. The van der Waals surface area contributed by atoms with E-state index in [1.54, 1.807) is 13.3 Å². The first-order chi connectivity index (χ1) is 15.5. The number of hydrogen-bond donors (Lipinski definition) is 0. The van der Waals surface area contributed by atoms with Crippen LogP contribution in [0.1, 0.15) is 73.0 Å². The second kappa shape index (κ2) is 9.86. The lowest BCUT2D eigenvalue weighted by atomic mass is 10.1. The van der Waals surface area contributed by atoms with Crippen LogP contribution >= 0.6 is 0 Å². The number of methoxy groups -OCH3 is 1. The van der Waals surface area contributed by atoms with Crippen LogP contribution in [0.25, 0.3) is 0 Å². The third-order valence-corrected chi connectivity index (χ3v) is 6.26. The van der Waals surface area contributed by atoms with Crippen LogP contribution in [-0.4, -0.2) is 58.5 Å². The average Bonchev–Trinajstić information content (AvgIpc) is 3.45. The summed E-state index contributed by atoms with van der Waals surface area (Å²) in [5.74, 6) is 2.39. The van der Waals surface area contributed by atoms with Crippen LogP contribution in [0.3, 0.4) is 0 Å². The molecular weight excluding hydrogens is 404 g/mol. The van der Waals surface area contributed by atoms with E-state index in [2.05, 4.69) is 22.0 Å². The summed E-state index contributed by atoms with van der Waals surface area (Å²) in [6.07, 6.45) is 6.09. The van der Waals surface area contributed by atoms with Crippen molar-refractivity contribution >= 4 is 5.91 Å². The van der Waals surface area contributed by atoms with Gasteiger partial charge in [0.05, 0.1) is 30.5 Å². The third kappa shape index (κ3) is 4.88. The second-order valence-electron chi connectivity index (χ2n) is 9.01. The zero-order valence-electron chi connectivity index (χ0n) is 19.6. The number of carbonyl (C=O) groups excluding carboxylic acids is 1. The lowest BCUT2D eigenvalue weighted by molar-refractivity contribution is 0.0791. The van der Waals surface area contributed by atoms with Gasteiger partial charge in [0.25, 0.3) is 5.91 Å². The minimum atomic E-state index is 0.0609. The van der Waals surface area contributed by atoms with Crippen molar-refractivity contribution in [3.8, 4) is 11.5 Å². The normalized spacial score (nSPS) is 19.0. The maximum Gasteiger partial charge on any atom is 0.257 e. The Morgan fingerprint density at radius 2 is 1.94 bits per heavy atom. The van der Waals surface area contributed by atoms with Crippen molar-refractivity contribution in [2.24, 2.45) is 0 Å². The van der Waals surface area contributed by atoms with Gasteiger partial charge >= 0.3 is 0 Å². The van der Waals surface area contributed by atoms with Gasteiger partial charge in [0.1, 0.15) is 5.82 Å². The highest BCUT2D eigenvalue weighted by atomic mass is 16.5. The number of hydrogen-bond acceptors (Lipinski definition) is 6. The van der Waals surface area contributed by atoms with Crippen LogP contribution < -0.4 is 9.47 Å². The Morgan fingerprint density at radius 1 is 1.16 bits per heavy atom. The van der Waals surface area contributed by atoms with Gasteiger partial charge in [0.15, 0.2) is 11.5 Å². The number of rotatable bonds is 7. The Labute approximate surface area is 190 Å². The molecule has 2 saturated heterocycles. The van der Waals surface area contributed by atoms with E-state index in [0.29, 0.717) is 5.56 Å². The van der Waals surface area contributed by atoms with Crippen molar-refractivity contribution in [2.45, 2.75) is 65.1 Å².